The summed E-state index contributed by atoms with van der Waals surface area (Å²) in [6, 6.07) is 0. The molecule has 1 aromatic rings. The molecule has 0 aromatic carbocycles. The van der Waals surface area contributed by atoms with Gasteiger partial charge in [-0.3, -0.25) is 4.79 Å². The molecule has 88 valence electrons. The first-order chi connectivity index (χ1) is 7.72. The average molecular weight is 222 g/mol. The van der Waals surface area contributed by atoms with Crippen LogP contribution in [0.4, 0.5) is 0 Å². The Labute approximate surface area is 95.4 Å². The third-order valence-electron chi connectivity index (χ3n) is 3.12. The largest absolute Gasteiger partial charge is 0.343 e. The van der Waals surface area contributed by atoms with Crippen molar-refractivity contribution in [3.05, 3.63) is 11.4 Å². The summed E-state index contributed by atoms with van der Waals surface area (Å²) in [7, 11) is 0. The van der Waals surface area contributed by atoms with E-state index in [0.717, 1.165) is 44.6 Å². The molecule has 0 unspecified atom stereocenters. The van der Waals surface area contributed by atoms with Crippen LogP contribution in [-0.4, -0.2) is 38.9 Å². The van der Waals surface area contributed by atoms with Crippen molar-refractivity contribution < 1.29 is 4.79 Å². The number of carbonyl (C=O) groups excluding carboxylic acids is 1. The summed E-state index contributed by atoms with van der Waals surface area (Å²) >= 11 is 0. The minimum absolute atomic E-state index is 0.166. The smallest absolute Gasteiger partial charge is 0.219 e. The Morgan fingerprint density at radius 1 is 1.38 bits per heavy atom. The summed E-state index contributed by atoms with van der Waals surface area (Å²) < 4.78 is 1.94. The molecule has 5 nitrogen and oxygen atoms in total. The van der Waals surface area contributed by atoms with Crippen molar-refractivity contribution in [1.29, 1.82) is 0 Å². The molecule has 0 bridgehead atoms. The highest BCUT2D eigenvalue weighted by Gasteiger charge is 2.18. The Morgan fingerprint density at radius 3 is 2.88 bits per heavy atom. The summed E-state index contributed by atoms with van der Waals surface area (Å²) in [5.74, 6) is 0.166. The van der Waals surface area contributed by atoms with Crippen LogP contribution in [0.2, 0.25) is 0 Å². The van der Waals surface area contributed by atoms with Crippen molar-refractivity contribution in [3.63, 3.8) is 0 Å². The van der Waals surface area contributed by atoms with Gasteiger partial charge in [-0.05, 0) is 19.8 Å². The highest BCUT2D eigenvalue weighted by molar-refractivity contribution is 5.73. The molecule has 5 heteroatoms. The van der Waals surface area contributed by atoms with Crippen LogP contribution in [0.25, 0.3) is 0 Å². The number of amides is 1. The van der Waals surface area contributed by atoms with Gasteiger partial charge in [0.15, 0.2) is 0 Å². The normalized spacial score (nSPS) is 16.5. The van der Waals surface area contributed by atoms with Crippen molar-refractivity contribution in [2.45, 2.75) is 39.7 Å². The highest BCUT2D eigenvalue weighted by atomic mass is 16.2. The maximum atomic E-state index is 11.4. The first kappa shape index (κ1) is 11.1. The van der Waals surface area contributed by atoms with Gasteiger partial charge in [0.05, 0.1) is 11.4 Å². The zero-order valence-corrected chi connectivity index (χ0v) is 9.94. The molecule has 0 saturated carbocycles. The van der Waals surface area contributed by atoms with Crippen molar-refractivity contribution in [2.24, 2.45) is 0 Å². The summed E-state index contributed by atoms with van der Waals surface area (Å²) in [4.78, 5) is 13.3. The summed E-state index contributed by atoms with van der Waals surface area (Å²) in [5, 5.41) is 8.34. The fraction of sp³-hybridized carbons (Fsp3) is 0.727. The van der Waals surface area contributed by atoms with Gasteiger partial charge in [0.2, 0.25) is 5.91 Å². The molecule has 1 aromatic heterocycles. The second-order valence-electron chi connectivity index (χ2n) is 4.16. The van der Waals surface area contributed by atoms with Crippen molar-refractivity contribution in [2.75, 3.05) is 13.1 Å². The first-order valence-corrected chi connectivity index (χ1v) is 5.89. The molecule has 0 atom stereocenters. The second kappa shape index (κ2) is 4.63. The summed E-state index contributed by atoms with van der Waals surface area (Å²) in [6.45, 7) is 6.18. The maximum Gasteiger partial charge on any atom is 0.219 e. The van der Waals surface area contributed by atoms with Gasteiger partial charge in [0, 0.05) is 33.0 Å². The quantitative estimate of drug-likeness (QED) is 0.700. The zero-order chi connectivity index (χ0) is 11.5. The van der Waals surface area contributed by atoms with E-state index < -0.39 is 0 Å². The number of nitrogens with zero attached hydrogens (tertiary/aromatic N) is 4. The lowest BCUT2D eigenvalue weighted by Gasteiger charge is -2.23. The minimum atomic E-state index is 0.166. The Morgan fingerprint density at radius 2 is 2.19 bits per heavy atom. The standard InChI is InChI=1S/C11H18N4O/c1-3-15-11-6-8-14(9(2)16)7-4-5-10(11)12-13-15/h3-8H2,1-2H3. The van der Waals surface area contributed by atoms with E-state index in [-0.39, 0.29) is 5.91 Å². The topological polar surface area (TPSA) is 51.0 Å². The van der Waals surface area contributed by atoms with Crippen LogP contribution in [-0.2, 0) is 24.2 Å². The fourth-order valence-corrected chi connectivity index (χ4v) is 2.20. The van der Waals surface area contributed by atoms with Gasteiger partial charge in [-0.25, -0.2) is 4.68 Å². The number of hydrogen-bond acceptors (Lipinski definition) is 3. The van der Waals surface area contributed by atoms with Crippen LogP contribution in [0.1, 0.15) is 31.7 Å². The molecule has 16 heavy (non-hydrogen) atoms. The Bertz CT molecular complexity index is 385. The van der Waals surface area contributed by atoms with E-state index in [4.69, 9.17) is 0 Å². The maximum absolute atomic E-state index is 11.4. The van der Waals surface area contributed by atoms with E-state index in [1.54, 1.807) is 6.92 Å². The van der Waals surface area contributed by atoms with Crippen molar-refractivity contribution >= 4 is 5.91 Å². The molecular formula is C11H18N4O. The number of hydrogen-bond donors (Lipinski definition) is 0. The van der Waals surface area contributed by atoms with Gasteiger partial charge < -0.3 is 4.90 Å². The zero-order valence-electron chi connectivity index (χ0n) is 9.94. The van der Waals surface area contributed by atoms with Gasteiger partial charge in [-0.2, -0.15) is 0 Å². The molecule has 0 radical (unpaired) electrons. The molecule has 0 spiro atoms. The Kier molecular flexibility index (Phi) is 3.22. The van der Waals surface area contributed by atoms with E-state index in [0.29, 0.717) is 0 Å². The minimum Gasteiger partial charge on any atom is -0.343 e. The molecule has 0 N–H and O–H groups in total. The van der Waals surface area contributed by atoms with Gasteiger partial charge in [0.1, 0.15) is 0 Å². The molecule has 2 heterocycles. The molecule has 0 fully saturated rings. The van der Waals surface area contributed by atoms with Crippen molar-refractivity contribution in [3.8, 4) is 0 Å². The number of carbonyl (C=O) groups is 1. The molecule has 1 aliphatic heterocycles. The molecule has 0 saturated heterocycles. The lowest BCUT2D eigenvalue weighted by atomic mass is 10.1. The number of aryl methyl sites for hydroxylation is 2. The third kappa shape index (κ3) is 2.08. The highest BCUT2D eigenvalue weighted by Crippen LogP contribution is 2.13. The Balaban J connectivity index is 2.18. The van der Waals surface area contributed by atoms with E-state index in [9.17, 15) is 4.79 Å². The van der Waals surface area contributed by atoms with Gasteiger partial charge >= 0.3 is 0 Å². The van der Waals surface area contributed by atoms with E-state index in [1.165, 1.54) is 5.69 Å². The SMILES string of the molecule is CCn1nnc2c1CCN(C(C)=O)CCC2. The summed E-state index contributed by atoms with van der Waals surface area (Å²) in [5.41, 5.74) is 2.32. The lowest BCUT2D eigenvalue weighted by molar-refractivity contribution is -0.128. The number of aromatic nitrogens is 3. The van der Waals surface area contributed by atoms with Crippen LogP contribution in [0.5, 0.6) is 0 Å². The van der Waals surface area contributed by atoms with Gasteiger partial charge in [0.25, 0.3) is 0 Å². The molecule has 0 aliphatic carbocycles. The van der Waals surface area contributed by atoms with Crippen LogP contribution in [0, 0.1) is 0 Å². The average Bonchev–Trinajstić information content (AvgIpc) is 2.59. The van der Waals surface area contributed by atoms with Gasteiger partial charge in [-0.15, -0.1) is 5.10 Å². The van der Waals surface area contributed by atoms with Gasteiger partial charge in [-0.1, -0.05) is 5.21 Å². The van der Waals surface area contributed by atoms with Crippen LogP contribution in [0.15, 0.2) is 0 Å². The molecular weight excluding hydrogens is 204 g/mol. The number of rotatable bonds is 1. The van der Waals surface area contributed by atoms with E-state index in [2.05, 4.69) is 17.2 Å². The van der Waals surface area contributed by atoms with Crippen LogP contribution >= 0.6 is 0 Å². The van der Waals surface area contributed by atoms with Crippen molar-refractivity contribution in [1.82, 2.24) is 19.9 Å². The third-order valence-corrected chi connectivity index (χ3v) is 3.12. The predicted octanol–water partition coefficient (Wildman–Crippen LogP) is 0.635. The van der Waals surface area contributed by atoms with Crippen LogP contribution < -0.4 is 0 Å². The molecule has 2 rings (SSSR count). The van der Waals surface area contributed by atoms with E-state index in [1.807, 2.05) is 9.58 Å². The van der Waals surface area contributed by atoms with E-state index >= 15 is 0 Å². The molecule has 1 aliphatic rings. The Hall–Kier alpha value is -1.39. The first-order valence-electron chi connectivity index (χ1n) is 5.89. The fourth-order valence-electron chi connectivity index (χ4n) is 2.20. The lowest BCUT2D eigenvalue weighted by Crippen LogP contribution is -2.33. The number of fused-ring (bicyclic) bond motifs is 1. The molecule has 1 amide bonds. The predicted molar refractivity (Wildman–Crippen MR) is 60.0 cm³/mol. The monoisotopic (exact) mass is 222 g/mol. The second-order valence-corrected chi connectivity index (χ2v) is 4.16. The van der Waals surface area contributed by atoms with Crippen LogP contribution in [0.3, 0.4) is 0 Å². The summed E-state index contributed by atoms with van der Waals surface area (Å²) in [6.07, 6.45) is 2.78.